The lowest BCUT2D eigenvalue weighted by atomic mass is 10.2. The molecule has 0 heterocycles. The molecular weight excluding hydrogens is 322 g/mol. The van der Waals surface area contributed by atoms with E-state index in [1.54, 1.807) is 22.6 Å². The number of hydrogen-bond acceptors (Lipinski definition) is 3. The summed E-state index contributed by atoms with van der Waals surface area (Å²) in [5, 5.41) is 10.8. The lowest BCUT2D eigenvalue weighted by molar-refractivity contribution is -0.385. The van der Waals surface area contributed by atoms with E-state index >= 15 is 0 Å². The molecule has 0 unspecified atom stereocenters. The number of nitro benzene ring substituents is 1. The summed E-state index contributed by atoms with van der Waals surface area (Å²) in [6, 6.07) is 2.51. The first-order valence-corrected chi connectivity index (χ1v) is 4.83. The number of nitrogens with two attached hydrogens (primary N) is 1. The number of hydrogen-bond donors (Lipinski definition) is 1. The van der Waals surface area contributed by atoms with Gasteiger partial charge in [-0.2, -0.15) is 0 Å². The molecule has 2 N–H and O–H groups in total. The van der Waals surface area contributed by atoms with Crippen LogP contribution in [0, 0.1) is 13.7 Å². The van der Waals surface area contributed by atoms with Gasteiger partial charge >= 0.3 is 0 Å². The first-order valence-electron chi connectivity index (χ1n) is 3.37. The second-order valence-corrected chi connectivity index (χ2v) is 3.86. The Morgan fingerprint density at radius 2 is 2.14 bits per heavy atom. The highest BCUT2D eigenvalue weighted by Gasteiger charge is 2.22. The Kier molecular flexibility index (Phi) is 3.27. The summed E-state index contributed by atoms with van der Waals surface area (Å²) in [4.78, 5) is 20.8. The molecule has 7 heteroatoms. The lowest BCUT2D eigenvalue weighted by Gasteiger charge is -2.02. The van der Waals surface area contributed by atoms with E-state index in [1.165, 1.54) is 6.07 Å². The van der Waals surface area contributed by atoms with Gasteiger partial charge in [-0.1, -0.05) is 11.6 Å². The minimum atomic E-state index is -0.858. The Morgan fingerprint density at radius 1 is 1.57 bits per heavy atom. The number of benzene rings is 1. The molecule has 0 atom stereocenters. The summed E-state index contributed by atoms with van der Waals surface area (Å²) in [5.41, 5.74) is 4.54. The quantitative estimate of drug-likeness (QED) is 0.512. The molecule has 14 heavy (non-hydrogen) atoms. The van der Waals surface area contributed by atoms with Gasteiger partial charge in [0, 0.05) is 6.07 Å². The Bertz CT molecular complexity index is 422. The van der Waals surface area contributed by atoms with Crippen molar-refractivity contribution in [3.05, 3.63) is 36.4 Å². The van der Waals surface area contributed by atoms with Crippen LogP contribution in [0.4, 0.5) is 5.69 Å². The summed E-state index contributed by atoms with van der Waals surface area (Å²) >= 11 is 7.44. The third kappa shape index (κ3) is 1.95. The van der Waals surface area contributed by atoms with Crippen LogP contribution in [0.3, 0.4) is 0 Å². The molecular formula is C7H4ClIN2O3. The van der Waals surface area contributed by atoms with Crippen molar-refractivity contribution in [1.29, 1.82) is 0 Å². The number of primary amides is 1. The maximum Gasteiger partial charge on any atom is 0.283 e. The van der Waals surface area contributed by atoms with Gasteiger partial charge in [0.15, 0.2) is 0 Å². The van der Waals surface area contributed by atoms with Gasteiger partial charge in [-0.25, -0.2) is 0 Å². The first kappa shape index (κ1) is 11.2. The van der Waals surface area contributed by atoms with Crippen molar-refractivity contribution in [3.8, 4) is 0 Å². The fourth-order valence-corrected chi connectivity index (χ4v) is 1.81. The van der Waals surface area contributed by atoms with Crippen molar-refractivity contribution in [2.75, 3.05) is 0 Å². The predicted octanol–water partition coefficient (Wildman–Crippen LogP) is 1.95. The van der Waals surface area contributed by atoms with Gasteiger partial charge in [-0.3, -0.25) is 14.9 Å². The van der Waals surface area contributed by atoms with E-state index in [1.807, 2.05) is 0 Å². The summed E-state index contributed by atoms with van der Waals surface area (Å²) in [6.07, 6.45) is 0. The van der Waals surface area contributed by atoms with E-state index in [2.05, 4.69) is 0 Å². The van der Waals surface area contributed by atoms with Crippen molar-refractivity contribution in [2.45, 2.75) is 0 Å². The second-order valence-electron chi connectivity index (χ2n) is 2.38. The molecule has 74 valence electrons. The van der Waals surface area contributed by atoms with Crippen LogP contribution < -0.4 is 5.73 Å². The highest BCUT2D eigenvalue weighted by atomic mass is 127. The van der Waals surface area contributed by atoms with Crippen molar-refractivity contribution in [1.82, 2.24) is 0 Å². The van der Waals surface area contributed by atoms with Gasteiger partial charge in [-0.15, -0.1) is 0 Å². The number of nitrogens with zero attached hydrogens (tertiary/aromatic N) is 1. The molecule has 0 radical (unpaired) electrons. The van der Waals surface area contributed by atoms with Crippen LogP contribution >= 0.6 is 34.2 Å². The highest BCUT2D eigenvalue weighted by Crippen LogP contribution is 2.29. The number of amides is 1. The molecule has 0 aliphatic carbocycles. The van der Waals surface area contributed by atoms with Crippen LogP contribution in [0.15, 0.2) is 12.1 Å². The standard InChI is InChI=1S/C7H4ClIN2O3/c8-3-1-2-4(11(13)14)5(6(3)9)7(10)12/h1-2H,(H2,10,12). The number of halogens is 2. The molecule has 0 saturated heterocycles. The minimum absolute atomic E-state index is 0.150. The smallest absolute Gasteiger partial charge is 0.283 e. The van der Waals surface area contributed by atoms with Gasteiger partial charge < -0.3 is 5.73 Å². The van der Waals surface area contributed by atoms with Crippen LogP contribution in [-0.4, -0.2) is 10.8 Å². The van der Waals surface area contributed by atoms with Crippen molar-refractivity contribution < 1.29 is 9.72 Å². The largest absolute Gasteiger partial charge is 0.365 e. The van der Waals surface area contributed by atoms with Gasteiger partial charge in [0.1, 0.15) is 5.56 Å². The minimum Gasteiger partial charge on any atom is -0.365 e. The average molecular weight is 326 g/mol. The molecule has 0 fully saturated rings. The Labute approximate surface area is 97.5 Å². The fourth-order valence-electron chi connectivity index (χ4n) is 0.927. The number of rotatable bonds is 2. The van der Waals surface area contributed by atoms with Crippen LogP contribution in [0.2, 0.25) is 5.02 Å². The van der Waals surface area contributed by atoms with Gasteiger partial charge in [0.05, 0.1) is 13.5 Å². The van der Waals surface area contributed by atoms with E-state index in [9.17, 15) is 14.9 Å². The van der Waals surface area contributed by atoms with Crippen molar-refractivity contribution in [2.24, 2.45) is 5.73 Å². The molecule has 1 aromatic rings. The van der Waals surface area contributed by atoms with Crippen LogP contribution in [-0.2, 0) is 0 Å². The van der Waals surface area contributed by atoms with E-state index in [4.69, 9.17) is 17.3 Å². The normalized spacial score (nSPS) is 9.86. The molecule has 5 nitrogen and oxygen atoms in total. The van der Waals surface area contributed by atoms with Gasteiger partial charge in [0.2, 0.25) is 0 Å². The Balaban J connectivity index is 3.53. The van der Waals surface area contributed by atoms with E-state index < -0.39 is 10.8 Å². The molecule has 1 aromatic carbocycles. The number of carbonyl (C=O) groups excluding carboxylic acids is 1. The van der Waals surface area contributed by atoms with E-state index in [0.29, 0.717) is 3.57 Å². The molecule has 1 rings (SSSR count). The van der Waals surface area contributed by atoms with Crippen LogP contribution in [0.5, 0.6) is 0 Å². The molecule has 0 spiro atoms. The maximum absolute atomic E-state index is 11.0. The fraction of sp³-hybridized carbons (Fsp3) is 0. The molecule has 0 aliphatic rings. The zero-order valence-corrected chi connectivity index (χ0v) is 9.57. The molecule has 0 aliphatic heterocycles. The zero-order valence-electron chi connectivity index (χ0n) is 6.66. The average Bonchev–Trinajstić information content (AvgIpc) is 2.08. The summed E-state index contributed by atoms with van der Waals surface area (Å²) in [5.74, 6) is -0.858. The highest BCUT2D eigenvalue weighted by molar-refractivity contribution is 14.1. The van der Waals surface area contributed by atoms with E-state index in [-0.39, 0.29) is 16.3 Å². The Hall–Kier alpha value is -0.890. The molecule has 0 saturated carbocycles. The maximum atomic E-state index is 11.0. The SMILES string of the molecule is NC(=O)c1c([N+](=O)[O-])ccc(Cl)c1I. The Morgan fingerprint density at radius 3 is 2.57 bits per heavy atom. The second kappa shape index (κ2) is 4.09. The number of nitro groups is 1. The summed E-state index contributed by atoms with van der Waals surface area (Å²) < 4.78 is 0.297. The topological polar surface area (TPSA) is 86.2 Å². The molecule has 1 amide bonds. The third-order valence-corrected chi connectivity index (χ3v) is 3.27. The predicted molar refractivity (Wildman–Crippen MR) is 59.3 cm³/mol. The van der Waals surface area contributed by atoms with Gasteiger partial charge in [-0.05, 0) is 28.7 Å². The molecule has 0 bridgehead atoms. The monoisotopic (exact) mass is 326 g/mol. The third-order valence-electron chi connectivity index (χ3n) is 1.52. The van der Waals surface area contributed by atoms with Crippen LogP contribution in [0.1, 0.15) is 10.4 Å². The zero-order chi connectivity index (χ0) is 10.9. The van der Waals surface area contributed by atoms with Gasteiger partial charge in [0.25, 0.3) is 11.6 Å². The van der Waals surface area contributed by atoms with Crippen molar-refractivity contribution >= 4 is 45.8 Å². The summed E-state index contributed by atoms with van der Waals surface area (Å²) in [7, 11) is 0. The number of carbonyl (C=O) groups is 1. The molecule has 0 aromatic heterocycles. The summed E-state index contributed by atoms with van der Waals surface area (Å²) in [6.45, 7) is 0. The van der Waals surface area contributed by atoms with E-state index in [0.717, 1.165) is 6.07 Å². The first-order chi connectivity index (χ1) is 6.45. The lowest BCUT2D eigenvalue weighted by Crippen LogP contribution is -2.15. The van der Waals surface area contributed by atoms with Crippen molar-refractivity contribution in [3.63, 3.8) is 0 Å². The van der Waals surface area contributed by atoms with Crippen LogP contribution in [0.25, 0.3) is 0 Å².